The molecule has 104 valence electrons. The monoisotopic (exact) mass is 333 g/mol. The maximum absolute atomic E-state index is 12.4. The normalized spacial score (nSPS) is 28.1. The first-order valence-corrected chi connectivity index (χ1v) is 7.79. The molecular formula is C15H16BrN3O. The topological polar surface area (TPSA) is 36.8 Å². The largest absolute Gasteiger partial charge is 0.348 e. The smallest absolute Gasteiger partial charge is 0.251 e. The SMILES string of the molecule is O=C(NC1CN2CC[C@H]1C2)c1ccn2cc(Br)cc2c1. The summed E-state index contributed by atoms with van der Waals surface area (Å²) in [5.41, 5.74) is 1.77. The van der Waals surface area contributed by atoms with Crippen LogP contribution in [0.3, 0.4) is 0 Å². The standard InChI is InChI=1S/C15H16BrN3O/c16-12-6-13-5-10(2-4-19(13)8-12)15(20)17-14-9-18-3-1-11(14)7-18/h2,4-6,8,11,14H,1,3,7,9H2,(H,17,20)/t11-,14?/m0/s1. The van der Waals surface area contributed by atoms with E-state index in [0.717, 1.165) is 28.6 Å². The highest BCUT2D eigenvalue weighted by molar-refractivity contribution is 9.10. The molecule has 20 heavy (non-hydrogen) atoms. The number of hydrogen-bond acceptors (Lipinski definition) is 2. The maximum atomic E-state index is 12.4. The van der Waals surface area contributed by atoms with Crippen molar-refractivity contribution < 1.29 is 4.79 Å². The minimum Gasteiger partial charge on any atom is -0.348 e. The molecular weight excluding hydrogens is 318 g/mol. The fourth-order valence-electron chi connectivity index (χ4n) is 3.41. The molecule has 0 aromatic carbocycles. The summed E-state index contributed by atoms with van der Waals surface area (Å²) < 4.78 is 3.03. The fourth-order valence-corrected chi connectivity index (χ4v) is 3.87. The van der Waals surface area contributed by atoms with Gasteiger partial charge in [-0.15, -0.1) is 0 Å². The Kier molecular flexibility index (Phi) is 2.86. The molecule has 0 saturated carbocycles. The van der Waals surface area contributed by atoms with Gasteiger partial charge in [0.15, 0.2) is 0 Å². The van der Waals surface area contributed by atoms with Crippen LogP contribution in [0.5, 0.6) is 0 Å². The highest BCUT2D eigenvalue weighted by atomic mass is 79.9. The first-order chi connectivity index (χ1) is 9.69. The molecule has 2 aliphatic heterocycles. The van der Waals surface area contributed by atoms with Crippen molar-refractivity contribution in [3.8, 4) is 0 Å². The number of halogens is 1. The Bertz CT molecular complexity index is 681. The average Bonchev–Trinajstić information content (AvgIpc) is 3.10. The molecule has 2 aromatic heterocycles. The Hall–Kier alpha value is -1.33. The third-order valence-electron chi connectivity index (χ3n) is 4.48. The summed E-state index contributed by atoms with van der Waals surface area (Å²) in [6, 6.07) is 6.15. The lowest BCUT2D eigenvalue weighted by molar-refractivity contribution is 0.0924. The van der Waals surface area contributed by atoms with Crippen molar-refractivity contribution in [3.05, 3.63) is 40.6 Å². The predicted octanol–water partition coefficient (Wildman–Crippen LogP) is 2.14. The summed E-state index contributed by atoms with van der Waals surface area (Å²) in [4.78, 5) is 14.8. The van der Waals surface area contributed by atoms with Gasteiger partial charge >= 0.3 is 0 Å². The Balaban J connectivity index is 1.54. The molecule has 0 radical (unpaired) electrons. The number of carbonyl (C=O) groups is 1. The van der Waals surface area contributed by atoms with Gasteiger partial charge in [0.25, 0.3) is 5.91 Å². The van der Waals surface area contributed by atoms with Gasteiger partial charge in [-0.25, -0.2) is 0 Å². The van der Waals surface area contributed by atoms with Gasteiger partial charge < -0.3 is 14.6 Å². The van der Waals surface area contributed by atoms with Crippen LogP contribution >= 0.6 is 15.9 Å². The van der Waals surface area contributed by atoms with Gasteiger partial charge in [-0.3, -0.25) is 4.79 Å². The lowest BCUT2D eigenvalue weighted by Crippen LogP contribution is -2.43. The van der Waals surface area contributed by atoms with Crippen molar-refractivity contribution in [1.29, 1.82) is 0 Å². The zero-order chi connectivity index (χ0) is 13.7. The van der Waals surface area contributed by atoms with Crippen molar-refractivity contribution in [2.45, 2.75) is 12.5 Å². The van der Waals surface area contributed by atoms with Gasteiger partial charge in [0.2, 0.25) is 0 Å². The average molecular weight is 334 g/mol. The minimum absolute atomic E-state index is 0.0450. The molecule has 0 spiro atoms. The van der Waals surface area contributed by atoms with Crippen molar-refractivity contribution in [1.82, 2.24) is 14.6 Å². The van der Waals surface area contributed by atoms with Crippen LogP contribution in [-0.4, -0.2) is 40.9 Å². The third-order valence-corrected chi connectivity index (χ3v) is 4.91. The summed E-state index contributed by atoms with van der Waals surface area (Å²) in [6.45, 7) is 3.35. The molecule has 2 aliphatic rings. The van der Waals surface area contributed by atoms with Gasteiger partial charge in [0.05, 0.1) is 0 Å². The summed E-state index contributed by atoms with van der Waals surface area (Å²) >= 11 is 3.45. The number of carbonyl (C=O) groups excluding carboxylic acids is 1. The number of pyridine rings is 1. The molecule has 3 atom stereocenters. The lowest BCUT2D eigenvalue weighted by Gasteiger charge is -2.23. The first-order valence-electron chi connectivity index (χ1n) is 6.99. The predicted molar refractivity (Wildman–Crippen MR) is 80.9 cm³/mol. The van der Waals surface area contributed by atoms with E-state index in [9.17, 15) is 4.79 Å². The molecule has 2 unspecified atom stereocenters. The van der Waals surface area contributed by atoms with Gasteiger partial charge in [-0.1, -0.05) is 0 Å². The Labute approximate surface area is 125 Å². The van der Waals surface area contributed by atoms with E-state index >= 15 is 0 Å². The molecule has 1 amide bonds. The maximum Gasteiger partial charge on any atom is 0.251 e. The van der Waals surface area contributed by atoms with Crippen molar-refractivity contribution in [2.75, 3.05) is 19.6 Å². The Morgan fingerprint density at radius 1 is 1.35 bits per heavy atom. The molecule has 1 N–H and O–H groups in total. The van der Waals surface area contributed by atoms with Crippen molar-refractivity contribution in [3.63, 3.8) is 0 Å². The second-order valence-electron chi connectivity index (χ2n) is 5.79. The van der Waals surface area contributed by atoms with Gasteiger partial charge in [-0.2, -0.15) is 0 Å². The van der Waals surface area contributed by atoms with E-state index in [1.54, 1.807) is 0 Å². The van der Waals surface area contributed by atoms with Crippen LogP contribution in [0.4, 0.5) is 0 Å². The third kappa shape index (κ3) is 2.05. The van der Waals surface area contributed by atoms with Crippen LogP contribution in [0, 0.1) is 5.92 Å². The Morgan fingerprint density at radius 3 is 3.00 bits per heavy atom. The van der Waals surface area contributed by atoms with E-state index in [-0.39, 0.29) is 5.91 Å². The molecule has 2 bridgehead atoms. The molecule has 2 saturated heterocycles. The summed E-state index contributed by atoms with van der Waals surface area (Å²) in [7, 11) is 0. The van der Waals surface area contributed by atoms with E-state index in [2.05, 4.69) is 26.1 Å². The summed E-state index contributed by atoms with van der Waals surface area (Å²) in [5.74, 6) is 0.689. The van der Waals surface area contributed by atoms with Crippen molar-refractivity contribution >= 4 is 27.4 Å². The molecule has 4 heterocycles. The van der Waals surface area contributed by atoms with Crippen molar-refractivity contribution in [2.24, 2.45) is 5.92 Å². The second-order valence-corrected chi connectivity index (χ2v) is 6.71. The first kappa shape index (κ1) is 12.4. The van der Waals surface area contributed by atoms with E-state index in [0.29, 0.717) is 12.0 Å². The van der Waals surface area contributed by atoms with Crippen LogP contribution in [0.25, 0.3) is 5.52 Å². The van der Waals surface area contributed by atoms with E-state index in [1.807, 2.05) is 35.0 Å². The van der Waals surface area contributed by atoms with Gasteiger partial charge in [-0.05, 0) is 53.0 Å². The molecule has 0 aliphatic carbocycles. The van der Waals surface area contributed by atoms with Crippen LogP contribution in [0.15, 0.2) is 35.1 Å². The second kappa shape index (κ2) is 4.60. The summed E-state index contributed by atoms with van der Waals surface area (Å²) in [6.07, 6.45) is 5.13. The minimum atomic E-state index is 0.0450. The quantitative estimate of drug-likeness (QED) is 0.914. The lowest BCUT2D eigenvalue weighted by atomic mass is 10.00. The number of fused-ring (bicyclic) bond motifs is 3. The van der Waals surface area contributed by atoms with Crippen LogP contribution in [0.1, 0.15) is 16.8 Å². The highest BCUT2D eigenvalue weighted by Gasteiger charge is 2.38. The van der Waals surface area contributed by atoms with Crippen LogP contribution < -0.4 is 5.32 Å². The number of amides is 1. The van der Waals surface area contributed by atoms with Gasteiger partial charge in [0, 0.05) is 47.1 Å². The molecule has 4 nitrogen and oxygen atoms in total. The zero-order valence-corrected chi connectivity index (χ0v) is 12.6. The van der Waals surface area contributed by atoms with Crippen LogP contribution in [-0.2, 0) is 0 Å². The number of nitrogens with zero attached hydrogens (tertiary/aromatic N) is 2. The molecule has 4 rings (SSSR count). The molecule has 2 fully saturated rings. The molecule has 2 aromatic rings. The van der Waals surface area contributed by atoms with Crippen LogP contribution in [0.2, 0.25) is 0 Å². The summed E-state index contributed by atoms with van der Waals surface area (Å²) in [5, 5.41) is 3.20. The highest BCUT2D eigenvalue weighted by Crippen LogP contribution is 2.28. The number of nitrogens with one attached hydrogen (secondary N) is 1. The van der Waals surface area contributed by atoms with E-state index in [4.69, 9.17) is 0 Å². The Morgan fingerprint density at radius 2 is 2.25 bits per heavy atom. The van der Waals surface area contributed by atoms with Gasteiger partial charge in [0.1, 0.15) is 0 Å². The fraction of sp³-hybridized carbons (Fsp3) is 0.400. The number of rotatable bonds is 2. The number of piperidine rings is 1. The number of hydrogen-bond donors (Lipinski definition) is 1. The zero-order valence-electron chi connectivity index (χ0n) is 11.1. The molecule has 5 heteroatoms. The van der Waals surface area contributed by atoms with E-state index in [1.165, 1.54) is 13.0 Å². The number of aromatic nitrogens is 1. The van der Waals surface area contributed by atoms with E-state index < -0.39 is 0 Å².